The molecule has 0 aliphatic carbocycles. The van der Waals surface area contributed by atoms with Crippen LogP contribution in [0.25, 0.3) is 0 Å². The van der Waals surface area contributed by atoms with Crippen molar-refractivity contribution in [2.45, 2.75) is 58.1 Å². The topological polar surface area (TPSA) is 96.2 Å². The molecule has 0 aliphatic rings. The number of aliphatic hydroxyl groups is 1. The van der Waals surface area contributed by atoms with Crippen LogP contribution in [0.2, 0.25) is 0 Å². The Kier molecular flexibility index (Phi) is 17.4. The summed E-state index contributed by atoms with van der Waals surface area (Å²) in [4.78, 5) is 16.6. The van der Waals surface area contributed by atoms with Crippen LogP contribution in [-0.2, 0) is 4.79 Å². The molecule has 0 aromatic heterocycles. The molecule has 0 aromatic rings. The zero-order valence-corrected chi connectivity index (χ0v) is 17.8. The van der Waals surface area contributed by atoms with E-state index in [1.54, 1.807) is 18.7 Å². The predicted molar refractivity (Wildman–Crippen MR) is 85.9 cm³/mol. The van der Waals surface area contributed by atoms with Gasteiger partial charge >= 0.3 is 57.4 Å². The van der Waals surface area contributed by atoms with Crippen LogP contribution >= 0.6 is 0 Å². The van der Waals surface area contributed by atoms with Crippen LogP contribution in [0.3, 0.4) is 0 Å². The number of hydrogen-bond acceptors (Lipinski definition) is 5. The summed E-state index contributed by atoms with van der Waals surface area (Å²) < 4.78 is 0. The van der Waals surface area contributed by atoms with E-state index in [0.29, 0.717) is 13.0 Å². The second-order valence-electron chi connectivity index (χ2n) is 5.52. The van der Waals surface area contributed by atoms with E-state index in [9.17, 15) is 15.0 Å². The number of carbonyl (C=O) groups is 1. The molecule has 0 rings (SSSR count). The maximum atomic E-state index is 11.6. The van der Waals surface area contributed by atoms with E-state index in [2.05, 4.69) is 11.6 Å². The van der Waals surface area contributed by atoms with Crippen molar-refractivity contribution in [3.63, 3.8) is 0 Å². The number of unbranched alkanes of at least 4 members (excludes halogenated alkanes) is 3. The normalized spacial score (nSPS) is 14.2. The Balaban J connectivity index is 0. The molecule has 0 bridgehead atoms. The standard InChI is InChI=1S/C16H30N2O4.K/c1-4-5-6-7-8-9-15(20)17-10-11-18(12-13(2)19)14(3)16(21)22;/h4,13-14,19H,1,5-12H2,2-3H3,(H,17,20)(H,21,22);/q;+1/p-1. The van der Waals surface area contributed by atoms with Crippen molar-refractivity contribution in [2.75, 3.05) is 19.6 Å². The number of allylic oxidation sites excluding steroid dienone is 1. The first-order valence-corrected chi connectivity index (χ1v) is 7.84. The van der Waals surface area contributed by atoms with Gasteiger partial charge in [-0.2, -0.15) is 0 Å². The third-order valence-electron chi connectivity index (χ3n) is 3.38. The number of carboxylic acid groups (broad SMARTS) is 1. The third kappa shape index (κ3) is 14.3. The van der Waals surface area contributed by atoms with Crippen molar-refractivity contribution in [2.24, 2.45) is 4.99 Å². The van der Waals surface area contributed by atoms with E-state index < -0.39 is 18.1 Å². The fraction of sp³-hybridized carbons (Fsp3) is 0.750. The molecule has 23 heavy (non-hydrogen) atoms. The SMILES string of the molecule is C=CCCCCCC([O-])=NCCN(CC(C)O)C(C)C(=O)O.[K+]. The smallest absolute Gasteiger partial charge is 0.862 e. The van der Waals surface area contributed by atoms with Crippen molar-refractivity contribution in [1.82, 2.24) is 4.90 Å². The van der Waals surface area contributed by atoms with E-state index in [1.807, 2.05) is 6.08 Å². The molecule has 6 nitrogen and oxygen atoms in total. The van der Waals surface area contributed by atoms with Gasteiger partial charge in [0.1, 0.15) is 6.04 Å². The fourth-order valence-corrected chi connectivity index (χ4v) is 2.06. The van der Waals surface area contributed by atoms with Gasteiger partial charge in [-0.1, -0.05) is 12.5 Å². The molecule has 2 N–H and O–H groups in total. The average molecular weight is 353 g/mol. The zero-order chi connectivity index (χ0) is 17.0. The molecule has 0 spiro atoms. The summed E-state index contributed by atoms with van der Waals surface area (Å²) in [6.45, 7) is 7.67. The van der Waals surface area contributed by atoms with Gasteiger partial charge in [-0.3, -0.25) is 9.69 Å². The molecular formula is C16H29KN2O4. The Morgan fingerprint density at radius 3 is 2.52 bits per heavy atom. The molecular weight excluding hydrogens is 323 g/mol. The zero-order valence-electron chi connectivity index (χ0n) is 14.7. The molecule has 7 heteroatoms. The maximum Gasteiger partial charge on any atom is 1.00 e. The van der Waals surface area contributed by atoms with Gasteiger partial charge in [-0.15, -0.1) is 6.58 Å². The monoisotopic (exact) mass is 352 g/mol. The summed E-state index contributed by atoms with van der Waals surface area (Å²) >= 11 is 0. The second-order valence-corrected chi connectivity index (χ2v) is 5.52. The van der Waals surface area contributed by atoms with Gasteiger partial charge in [-0.25, -0.2) is 0 Å². The molecule has 0 fully saturated rings. The van der Waals surface area contributed by atoms with Crippen molar-refractivity contribution < 1.29 is 71.5 Å². The number of aliphatic hydroxyl groups excluding tert-OH is 1. The van der Waals surface area contributed by atoms with Crippen molar-refractivity contribution in [3.05, 3.63) is 12.7 Å². The quantitative estimate of drug-likeness (QED) is 0.132. The Bertz CT molecular complexity index is 362. The van der Waals surface area contributed by atoms with Crippen LogP contribution in [-0.4, -0.2) is 58.8 Å². The minimum atomic E-state index is -0.950. The van der Waals surface area contributed by atoms with Gasteiger partial charge in [0.05, 0.1) is 12.6 Å². The first-order valence-electron chi connectivity index (χ1n) is 7.84. The van der Waals surface area contributed by atoms with Gasteiger partial charge < -0.3 is 20.3 Å². The Hall–Kier alpha value is 0.236. The van der Waals surface area contributed by atoms with Crippen LogP contribution in [0.15, 0.2) is 17.6 Å². The van der Waals surface area contributed by atoms with Crippen LogP contribution in [0.4, 0.5) is 0 Å². The number of nitrogens with zero attached hydrogens (tertiary/aromatic N) is 2. The molecule has 128 valence electrons. The average Bonchev–Trinajstić information content (AvgIpc) is 2.44. The maximum absolute atomic E-state index is 11.6. The molecule has 0 saturated carbocycles. The summed E-state index contributed by atoms with van der Waals surface area (Å²) in [7, 11) is 0. The Morgan fingerprint density at radius 1 is 1.35 bits per heavy atom. The van der Waals surface area contributed by atoms with E-state index in [4.69, 9.17) is 5.11 Å². The molecule has 0 radical (unpaired) electrons. The fourth-order valence-electron chi connectivity index (χ4n) is 2.06. The third-order valence-corrected chi connectivity index (χ3v) is 3.38. The molecule has 0 aliphatic heterocycles. The largest absolute Gasteiger partial charge is 1.00 e. The van der Waals surface area contributed by atoms with E-state index in [1.165, 1.54) is 0 Å². The molecule has 0 saturated heterocycles. The number of aliphatic carboxylic acids is 1. The van der Waals surface area contributed by atoms with Crippen LogP contribution in [0, 0.1) is 0 Å². The summed E-state index contributed by atoms with van der Waals surface area (Å²) in [5.74, 6) is -1.09. The van der Waals surface area contributed by atoms with Crippen LogP contribution < -0.4 is 56.5 Å². The summed E-state index contributed by atoms with van der Waals surface area (Å²) in [6.07, 6.45) is 5.48. The first kappa shape index (κ1) is 25.5. The molecule has 0 heterocycles. The molecule has 2 atom stereocenters. The summed E-state index contributed by atoms with van der Waals surface area (Å²) in [5.41, 5.74) is 0. The van der Waals surface area contributed by atoms with Gasteiger partial charge in [0.15, 0.2) is 0 Å². The van der Waals surface area contributed by atoms with Gasteiger partial charge in [0.2, 0.25) is 0 Å². The van der Waals surface area contributed by atoms with Crippen molar-refractivity contribution >= 4 is 11.9 Å². The van der Waals surface area contributed by atoms with E-state index in [0.717, 1.165) is 25.7 Å². The Labute approximate surface area is 182 Å². The summed E-state index contributed by atoms with van der Waals surface area (Å²) in [6, 6.07) is -0.709. The van der Waals surface area contributed by atoms with Gasteiger partial charge in [0, 0.05) is 13.1 Å². The number of aliphatic imine (C=N–C) groups is 1. The molecule has 2 unspecified atom stereocenters. The minimum absolute atomic E-state index is 0. The number of hydrogen-bond donors (Lipinski definition) is 2. The summed E-state index contributed by atoms with van der Waals surface area (Å²) in [5, 5.41) is 30.1. The number of rotatable bonds is 13. The second kappa shape index (κ2) is 15.7. The van der Waals surface area contributed by atoms with E-state index in [-0.39, 0.29) is 70.4 Å². The van der Waals surface area contributed by atoms with Gasteiger partial charge in [-0.05, 0) is 45.4 Å². The molecule has 0 amide bonds. The molecule has 0 aromatic carbocycles. The Morgan fingerprint density at radius 2 is 2.00 bits per heavy atom. The minimum Gasteiger partial charge on any atom is -0.862 e. The van der Waals surface area contributed by atoms with Crippen molar-refractivity contribution in [3.8, 4) is 0 Å². The number of carboxylic acids is 1. The van der Waals surface area contributed by atoms with Crippen LogP contribution in [0.1, 0.15) is 46.0 Å². The van der Waals surface area contributed by atoms with Crippen LogP contribution in [0.5, 0.6) is 0 Å². The van der Waals surface area contributed by atoms with Crippen molar-refractivity contribution in [1.29, 1.82) is 0 Å². The first-order chi connectivity index (χ1) is 10.4. The predicted octanol–water partition coefficient (Wildman–Crippen LogP) is -1.96. The van der Waals surface area contributed by atoms with E-state index >= 15 is 0 Å². The van der Waals surface area contributed by atoms with Gasteiger partial charge in [0.25, 0.3) is 0 Å².